The van der Waals surface area contributed by atoms with E-state index in [4.69, 9.17) is 0 Å². The van der Waals surface area contributed by atoms with Crippen LogP contribution in [0.25, 0.3) is 0 Å². The van der Waals surface area contributed by atoms with Crippen molar-refractivity contribution < 1.29 is 9.59 Å². The molecule has 8 heteroatoms. The summed E-state index contributed by atoms with van der Waals surface area (Å²) in [6.45, 7) is 8.03. The number of nitrogens with one attached hydrogen (secondary N) is 1. The first-order valence-electron chi connectivity index (χ1n) is 10.8. The Hall–Kier alpha value is -2.61. The topological polar surface area (TPSA) is 80.1 Å². The first-order valence-corrected chi connectivity index (χ1v) is 11.8. The summed E-state index contributed by atoms with van der Waals surface area (Å²) in [7, 11) is 0. The molecule has 0 spiro atoms. The minimum absolute atomic E-state index is 0.135. The van der Waals surface area contributed by atoms with Crippen LogP contribution in [0.4, 0.5) is 11.4 Å². The number of allylic oxidation sites excluding steroid dienone is 1. The number of anilines is 2. The fourth-order valence-corrected chi connectivity index (χ4v) is 5.26. The molecular formula is C23H29N5O2S. The van der Waals surface area contributed by atoms with E-state index in [0.29, 0.717) is 23.8 Å². The van der Waals surface area contributed by atoms with Crippen LogP contribution in [-0.4, -0.2) is 37.9 Å². The number of benzene rings is 1. The predicted octanol–water partition coefficient (Wildman–Crippen LogP) is 4.37. The Kier molecular flexibility index (Phi) is 6.18. The fourth-order valence-electron chi connectivity index (χ4n) is 4.46. The van der Waals surface area contributed by atoms with Crippen LogP contribution in [0.1, 0.15) is 57.7 Å². The summed E-state index contributed by atoms with van der Waals surface area (Å²) in [6.07, 6.45) is 7.83. The summed E-state index contributed by atoms with van der Waals surface area (Å²) < 4.78 is 2.09. The van der Waals surface area contributed by atoms with Crippen molar-refractivity contribution in [2.75, 3.05) is 16.0 Å². The van der Waals surface area contributed by atoms with E-state index in [9.17, 15) is 9.59 Å². The number of carbonyl (C=O) groups is 2. The molecule has 2 aliphatic rings. The normalized spacial score (nSPS) is 18.4. The summed E-state index contributed by atoms with van der Waals surface area (Å²) in [6, 6.07) is 7.39. The second-order valence-electron chi connectivity index (χ2n) is 8.62. The quantitative estimate of drug-likeness (QED) is 0.534. The average Bonchev–Trinajstić information content (AvgIpc) is 3.16. The zero-order chi connectivity index (χ0) is 22.0. The molecular weight excluding hydrogens is 410 g/mol. The summed E-state index contributed by atoms with van der Waals surface area (Å²) in [5.74, 6) is 1.26. The first kappa shape index (κ1) is 21.6. The van der Waals surface area contributed by atoms with E-state index in [-0.39, 0.29) is 17.6 Å². The lowest BCUT2D eigenvalue weighted by Crippen LogP contribution is -2.59. The zero-order valence-electron chi connectivity index (χ0n) is 18.1. The summed E-state index contributed by atoms with van der Waals surface area (Å²) >= 11 is 1.37. The van der Waals surface area contributed by atoms with Crippen LogP contribution in [0.5, 0.6) is 0 Å². The zero-order valence-corrected chi connectivity index (χ0v) is 19.0. The molecule has 2 aromatic rings. The van der Waals surface area contributed by atoms with Crippen molar-refractivity contribution in [3.05, 3.63) is 42.7 Å². The SMILES string of the molecule is C=CCn1c(SCC(=O)N2c3ccccc3NC(=O)C2(C)C)nnc1C1CCCCC1. The van der Waals surface area contributed by atoms with E-state index < -0.39 is 5.54 Å². The highest BCUT2D eigenvalue weighted by Crippen LogP contribution is 2.38. The monoisotopic (exact) mass is 439 g/mol. The first-order chi connectivity index (χ1) is 14.9. The van der Waals surface area contributed by atoms with E-state index in [1.54, 1.807) is 18.7 Å². The molecule has 0 saturated heterocycles. The molecule has 1 aromatic heterocycles. The molecule has 1 saturated carbocycles. The van der Waals surface area contributed by atoms with Gasteiger partial charge in [0.25, 0.3) is 0 Å². The lowest BCUT2D eigenvalue weighted by Gasteiger charge is -2.42. The number of thioether (sulfide) groups is 1. The third-order valence-corrected chi connectivity index (χ3v) is 7.06. The molecule has 0 bridgehead atoms. The van der Waals surface area contributed by atoms with E-state index >= 15 is 0 Å². The fraction of sp³-hybridized carbons (Fsp3) is 0.478. The molecule has 2 heterocycles. The van der Waals surface area contributed by atoms with Gasteiger partial charge in [-0.1, -0.05) is 49.2 Å². The average molecular weight is 440 g/mol. The maximum atomic E-state index is 13.3. The molecule has 31 heavy (non-hydrogen) atoms. The van der Waals surface area contributed by atoms with Crippen molar-refractivity contribution in [3.8, 4) is 0 Å². The molecule has 2 amide bonds. The number of carbonyl (C=O) groups excluding carboxylic acids is 2. The van der Waals surface area contributed by atoms with Gasteiger partial charge in [0.1, 0.15) is 11.4 Å². The molecule has 1 aromatic carbocycles. The number of hydrogen-bond donors (Lipinski definition) is 1. The van der Waals surface area contributed by atoms with Crippen molar-refractivity contribution in [1.82, 2.24) is 14.8 Å². The summed E-state index contributed by atoms with van der Waals surface area (Å²) in [5, 5.41) is 12.5. The van der Waals surface area contributed by atoms with Gasteiger partial charge in [0.2, 0.25) is 11.8 Å². The molecule has 0 unspecified atom stereocenters. The standard InChI is InChI=1S/C23H29N5O2S/c1-4-14-27-20(16-10-6-5-7-11-16)25-26-22(27)31-15-19(29)28-18-13-9-8-12-17(18)24-21(30)23(28,2)3/h4,8-9,12-13,16H,1,5-7,10-11,14-15H2,2-3H3,(H,24,30). The van der Waals surface area contributed by atoms with E-state index in [1.807, 2.05) is 30.3 Å². The molecule has 1 N–H and O–H groups in total. The lowest BCUT2D eigenvalue weighted by atomic mass is 9.89. The molecule has 1 fully saturated rings. The molecule has 4 rings (SSSR count). The molecule has 0 radical (unpaired) electrons. The maximum absolute atomic E-state index is 13.3. The third kappa shape index (κ3) is 4.13. The van der Waals surface area contributed by atoms with Crippen LogP contribution < -0.4 is 10.2 Å². The van der Waals surface area contributed by atoms with Crippen LogP contribution in [0.2, 0.25) is 0 Å². The summed E-state index contributed by atoms with van der Waals surface area (Å²) in [4.78, 5) is 27.6. The second kappa shape index (κ2) is 8.86. The van der Waals surface area contributed by atoms with Crippen LogP contribution in [0, 0.1) is 0 Å². The third-order valence-electron chi connectivity index (χ3n) is 6.11. The number of fused-ring (bicyclic) bond motifs is 1. The van der Waals surface area contributed by atoms with E-state index in [0.717, 1.165) is 23.8 Å². The maximum Gasteiger partial charge on any atom is 0.250 e. The number of hydrogen-bond acceptors (Lipinski definition) is 5. The van der Waals surface area contributed by atoms with Gasteiger partial charge in [-0.3, -0.25) is 14.5 Å². The Balaban J connectivity index is 1.55. The van der Waals surface area contributed by atoms with Gasteiger partial charge < -0.3 is 9.88 Å². The van der Waals surface area contributed by atoms with Gasteiger partial charge in [-0.2, -0.15) is 0 Å². The van der Waals surface area contributed by atoms with Gasteiger partial charge >= 0.3 is 0 Å². The van der Waals surface area contributed by atoms with Crippen molar-refractivity contribution in [1.29, 1.82) is 0 Å². The number of aromatic nitrogens is 3. The number of para-hydroxylation sites is 2. The predicted molar refractivity (Wildman–Crippen MR) is 123 cm³/mol. The van der Waals surface area contributed by atoms with Crippen molar-refractivity contribution in [2.45, 2.75) is 69.1 Å². The van der Waals surface area contributed by atoms with Gasteiger partial charge in [0.15, 0.2) is 5.16 Å². The van der Waals surface area contributed by atoms with Crippen LogP contribution in [-0.2, 0) is 16.1 Å². The minimum Gasteiger partial charge on any atom is -0.322 e. The smallest absolute Gasteiger partial charge is 0.250 e. The van der Waals surface area contributed by atoms with Crippen LogP contribution >= 0.6 is 11.8 Å². The minimum atomic E-state index is -0.978. The second-order valence-corrected chi connectivity index (χ2v) is 9.57. The number of nitrogens with zero attached hydrogens (tertiary/aromatic N) is 4. The van der Waals surface area contributed by atoms with Gasteiger partial charge in [-0.05, 0) is 38.8 Å². The highest BCUT2D eigenvalue weighted by Gasteiger charge is 2.43. The van der Waals surface area contributed by atoms with Gasteiger partial charge in [0, 0.05) is 12.5 Å². The van der Waals surface area contributed by atoms with Crippen molar-refractivity contribution in [3.63, 3.8) is 0 Å². The Bertz CT molecular complexity index is 994. The van der Waals surface area contributed by atoms with E-state index in [2.05, 4.69) is 26.7 Å². The number of amides is 2. The molecule has 1 aliphatic heterocycles. The Morgan fingerprint density at radius 1 is 1.26 bits per heavy atom. The summed E-state index contributed by atoms with van der Waals surface area (Å²) in [5.41, 5.74) is 0.390. The largest absolute Gasteiger partial charge is 0.322 e. The highest BCUT2D eigenvalue weighted by atomic mass is 32.2. The van der Waals surface area contributed by atoms with E-state index in [1.165, 1.54) is 31.0 Å². The molecule has 1 aliphatic carbocycles. The van der Waals surface area contributed by atoms with Crippen molar-refractivity contribution >= 4 is 35.0 Å². The highest BCUT2D eigenvalue weighted by molar-refractivity contribution is 7.99. The molecule has 7 nitrogen and oxygen atoms in total. The van der Waals surface area contributed by atoms with Gasteiger partial charge in [0.05, 0.1) is 17.1 Å². The lowest BCUT2D eigenvalue weighted by molar-refractivity contribution is -0.125. The molecule has 164 valence electrons. The Morgan fingerprint density at radius 2 is 2.00 bits per heavy atom. The van der Waals surface area contributed by atoms with Gasteiger partial charge in [-0.15, -0.1) is 16.8 Å². The van der Waals surface area contributed by atoms with Gasteiger partial charge in [-0.25, -0.2) is 0 Å². The molecule has 0 atom stereocenters. The Morgan fingerprint density at radius 3 is 2.74 bits per heavy atom. The van der Waals surface area contributed by atoms with Crippen LogP contribution in [0.15, 0.2) is 42.1 Å². The van der Waals surface area contributed by atoms with Crippen LogP contribution in [0.3, 0.4) is 0 Å². The van der Waals surface area contributed by atoms with Crippen molar-refractivity contribution in [2.24, 2.45) is 0 Å². The number of rotatable bonds is 6. The Labute approximate surface area is 187 Å².